The molecule has 4 nitrogen and oxygen atoms in total. The molecule has 0 saturated carbocycles. The average Bonchev–Trinajstić information content (AvgIpc) is 3.30. The number of rotatable bonds is 4. The lowest BCUT2D eigenvalue weighted by Crippen LogP contribution is -2.06. The van der Waals surface area contributed by atoms with Crippen LogP contribution in [-0.4, -0.2) is 22.1 Å². The summed E-state index contributed by atoms with van der Waals surface area (Å²) in [6.45, 7) is 2.16. The van der Waals surface area contributed by atoms with E-state index >= 15 is 0 Å². The second-order valence-corrected chi connectivity index (χ2v) is 5.78. The first-order chi connectivity index (χ1) is 12.3. The second-order valence-electron chi connectivity index (χ2n) is 5.78. The molecule has 25 heavy (non-hydrogen) atoms. The largest absolute Gasteiger partial charge is 0.461 e. The van der Waals surface area contributed by atoms with Crippen molar-refractivity contribution >= 4 is 16.9 Å². The smallest absolute Gasteiger partial charge is 0.355 e. The number of fused-ring (bicyclic) bond motifs is 1. The average molecular weight is 330 g/mol. The van der Waals surface area contributed by atoms with Crippen LogP contribution in [0.15, 0.2) is 73.1 Å². The number of hydrogen-bond acceptors (Lipinski definition) is 2. The van der Waals surface area contributed by atoms with E-state index in [2.05, 4.69) is 11.1 Å². The number of aromatic amines is 1. The number of esters is 1. The zero-order chi connectivity index (χ0) is 17.2. The Hall–Kier alpha value is -3.27. The van der Waals surface area contributed by atoms with Crippen LogP contribution >= 0.6 is 0 Å². The van der Waals surface area contributed by atoms with Crippen LogP contribution in [0.5, 0.6) is 0 Å². The molecule has 1 N–H and O–H groups in total. The molecule has 0 saturated heterocycles. The summed E-state index contributed by atoms with van der Waals surface area (Å²) in [6.07, 6.45) is 4.00. The fraction of sp³-hybridized carbons (Fsp3) is 0.0952. The first-order valence-electron chi connectivity index (χ1n) is 8.29. The number of nitrogens with zero attached hydrogens (tertiary/aromatic N) is 1. The zero-order valence-corrected chi connectivity index (χ0v) is 13.9. The highest BCUT2D eigenvalue weighted by molar-refractivity contribution is 6.08. The van der Waals surface area contributed by atoms with Crippen molar-refractivity contribution in [3.8, 4) is 16.8 Å². The van der Waals surface area contributed by atoms with Crippen LogP contribution in [0.1, 0.15) is 17.4 Å². The van der Waals surface area contributed by atoms with Gasteiger partial charge in [0.1, 0.15) is 5.69 Å². The van der Waals surface area contributed by atoms with Crippen molar-refractivity contribution in [2.45, 2.75) is 6.92 Å². The van der Waals surface area contributed by atoms with E-state index in [1.807, 2.05) is 78.5 Å². The quantitative estimate of drug-likeness (QED) is 0.546. The highest BCUT2D eigenvalue weighted by Gasteiger charge is 2.20. The van der Waals surface area contributed by atoms with Gasteiger partial charge in [-0.2, -0.15) is 0 Å². The van der Waals surface area contributed by atoms with Gasteiger partial charge in [0.25, 0.3) is 0 Å². The Morgan fingerprint density at radius 2 is 1.80 bits per heavy atom. The number of ether oxygens (including phenoxy) is 1. The lowest BCUT2D eigenvalue weighted by molar-refractivity contribution is 0.0521. The third-order valence-corrected chi connectivity index (χ3v) is 4.23. The minimum atomic E-state index is -0.333. The topological polar surface area (TPSA) is 47.0 Å². The highest BCUT2D eigenvalue weighted by atomic mass is 16.5. The van der Waals surface area contributed by atoms with Crippen LogP contribution in [0.2, 0.25) is 0 Å². The Balaban J connectivity index is 1.97. The number of hydrogen-bond donors (Lipinski definition) is 1. The molecule has 2 heterocycles. The Morgan fingerprint density at radius 3 is 2.52 bits per heavy atom. The third-order valence-electron chi connectivity index (χ3n) is 4.23. The van der Waals surface area contributed by atoms with E-state index in [1.165, 1.54) is 0 Å². The van der Waals surface area contributed by atoms with E-state index < -0.39 is 0 Å². The predicted molar refractivity (Wildman–Crippen MR) is 99.0 cm³/mol. The summed E-state index contributed by atoms with van der Waals surface area (Å²) < 4.78 is 7.29. The van der Waals surface area contributed by atoms with Gasteiger partial charge in [0.05, 0.1) is 6.61 Å². The van der Waals surface area contributed by atoms with Crippen LogP contribution in [0.4, 0.5) is 0 Å². The number of benzene rings is 2. The summed E-state index contributed by atoms with van der Waals surface area (Å²) in [7, 11) is 0. The third kappa shape index (κ3) is 2.72. The zero-order valence-electron chi connectivity index (χ0n) is 13.9. The summed E-state index contributed by atoms with van der Waals surface area (Å²) in [5, 5.41) is 1.00. The molecule has 0 bridgehead atoms. The SMILES string of the molecule is CCOC(=O)c1[nH]c2ccc(-n3cccc3)cc2c1-c1ccccc1. The van der Waals surface area contributed by atoms with Crippen LogP contribution < -0.4 is 0 Å². The Kier molecular flexibility index (Phi) is 3.86. The number of aromatic nitrogens is 2. The fourth-order valence-electron chi connectivity index (χ4n) is 3.11. The van der Waals surface area contributed by atoms with Gasteiger partial charge in [-0.1, -0.05) is 30.3 Å². The van der Waals surface area contributed by atoms with Crippen LogP contribution in [-0.2, 0) is 4.74 Å². The summed E-state index contributed by atoms with van der Waals surface area (Å²) in [4.78, 5) is 15.7. The van der Waals surface area contributed by atoms with E-state index in [0.29, 0.717) is 12.3 Å². The molecule has 0 spiro atoms. The molecule has 0 unspecified atom stereocenters. The Bertz CT molecular complexity index is 1010. The molecule has 0 fully saturated rings. The van der Waals surface area contributed by atoms with Crippen molar-refractivity contribution in [3.63, 3.8) is 0 Å². The van der Waals surface area contributed by atoms with E-state index in [-0.39, 0.29) is 5.97 Å². The molecule has 0 aliphatic rings. The van der Waals surface area contributed by atoms with E-state index in [4.69, 9.17) is 4.74 Å². The maximum Gasteiger partial charge on any atom is 0.355 e. The number of nitrogens with one attached hydrogen (secondary N) is 1. The number of carbonyl (C=O) groups excluding carboxylic acids is 1. The van der Waals surface area contributed by atoms with Gasteiger partial charge >= 0.3 is 5.97 Å². The van der Waals surface area contributed by atoms with Gasteiger partial charge in [0.15, 0.2) is 0 Å². The molecule has 0 atom stereocenters. The number of carbonyl (C=O) groups is 1. The van der Waals surface area contributed by atoms with E-state index in [9.17, 15) is 4.79 Å². The van der Waals surface area contributed by atoms with Gasteiger partial charge in [-0.15, -0.1) is 0 Å². The molecule has 0 radical (unpaired) electrons. The monoisotopic (exact) mass is 330 g/mol. The molecule has 0 aliphatic carbocycles. The standard InChI is InChI=1S/C21H18N2O2/c1-2-25-21(24)20-19(15-8-4-3-5-9-15)17-14-16(10-11-18(17)22-20)23-12-6-7-13-23/h3-14,22H,2H2,1H3. The van der Waals surface area contributed by atoms with Crippen LogP contribution in [0, 0.1) is 0 Å². The Labute approximate surface area is 145 Å². The van der Waals surface area contributed by atoms with Gasteiger partial charge in [-0.25, -0.2) is 4.79 Å². The lowest BCUT2D eigenvalue weighted by atomic mass is 10.0. The van der Waals surface area contributed by atoms with Crippen LogP contribution in [0.3, 0.4) is 0 Å². The van der Waals surface area contributed by atoms with Crippen molar-refractivity contribution in [2.75, 3.05) is 6.61 Å². The molecular weight excluding hydrogens is 312 g/mol. The molecular formula is C21H18N2O2. The predicted octanol–water partition coefficient (Wildman–Crippen LogP) is 4.80. The van der Waals surface area contributed by atoms with Crippen molar-refractivity contribution < 1.29 is 9.53 Å². The van der Waals surface area contributed by atoms with Gasteiger partial charge < -0.3 is 14.3 Å². The van der Waals surface area contributed by atoms with Crippen molar-refractivity contribution in [2.24, 2.45) is 0 Å². The molecule has 4 heteroatoms. The minimum absolute atomic E-state index is 0.333. The molecule has 2 aromatic heterocycles. The summed E-state index contributed by atoms with van der Waals surface area (Å²) in [5.41, 5.74) is 4.32. The maximum atomic E-state index is 12.5. The van der Waals surface area contributed by atoms with Crippen LogP contribution in [0.25, 0.3) is 27.7 Å². The summed E-state index contributed by atoms with van der Waals surface area (Å²) in [5.74, 6) is -0.333. The normalized spacial score (nSPS) is 10.9. The van der Waals surface area contributed by atoms with E-state index in [0.717, 1.165) is 27.7 Å². The molecule has 0 amide bonds. The summed E-state index contributed by atoms with van der Waals surface area (Å²) >= 11 is 0. The summed E-state index contributed by atoms with van der Waals surface area (Å²) in [6, 6.07) is 20.0. The Morgan fingerprint density at radius 1 is 1.04 bits per heavy atom. The molecule has 124 valence electrons. The lowest BCUT2D eigenvalue weighted by Gasteiger charge is -2.06. The van der Waals surface area contributed by atoms with E-state index in [1.54, 1.807) is 0 Å². The molecule has 0 aliphatic heterocycles. The molecule has 4 rings (SSSR count). The number of H-pyrrole nitrogens is 1. The van der Waals surface area contributed by atoms with Crippen molar-refractivity contribution in [1.82, 2.24) is 9.55 Å². The van der Waals surface area contributed by atoms with Crippen molar-refractivity contribution in [3.05, 3.63) is 78.8 Å². The first kappa shape index (κ1) is 15.3. The van der Waals surface area contributed by atoms with Gasteiger partial charge in [0.2, 0.25) is 0 Å². The van der Waals surface area contributed by atoms with Gasteiger partial charge in [-0.3, -0.25) is 0 Å². The highest BCUT2D eigenvalue weighted by Crippen LogP contribution is 2.34. The first-order valence-corrected chi connectivity index (χ1v) is 8.29. The van der Waals surface area contributed by atoms with Crippen molar-refractivity contribution in [1.29, 1.82) is 0 Å². The minimum Gasteiger partial charge on any atom is -0.461 e. The maximum absolute atomic E-state index is 12.5. The van der Waals surface area contributed by atoms with Gasteiger partial charge in [-0.05, 0) is 42.8 Å². The fourth-order valence-corrected chi connectivity index (χ4v) is 3.11. The molecule has 2 aromatic carbocycles. The molecule has 4 aromatic rings. The second kappa shape index (κ2) is 6.32. The van der Waals surface area contributed by atoms with Gasteiger partial charge in [0, 0.05) is 34.5 Å².